The van der Waals surface area contributed by atoms with Crippen LogP contribution in [0, 0.1) is 5.92 Å². The maximum atomic E-state index is 11.8. The van der Waals surface area contributed by atoms with Gasteiger partial charge in [-0.2, -0.15) is 0 Å². The number of ether oxygens (including phenoxy) is 2. The van der Waals surface area contributed by atoms with Crippen molar-refractivity contribution in [2.75, 3.05) is 26.8 Å². The number of carbonyl (C=O) groups excluding carboxylic acids is 2. The van der Waals surface area contributed by atoms with Crippen LogP contribution in [0.5, 0.6) is 5.75 Å². The molecule has 132 valence electrons. The van der Waals surface area contributed by atoms with Crippen LogP contribution in [0.3, 0.4) is 0 Å². The first-order chi connectivity index (χ1) is 11.3. The average Bonchev–Trinajstić information content (AvgIpc) is 2.58. The Morgan fingerprint density at radius 2 is 1.79 bits per heavy atom. The lowest BCUT2D eigenvalue weighted by Crippen LogP contribution is -2.43. The van der Waals surface area contributed by atoms with E-state index in [0.717, 1.165) is 18.6 Å². The minimum atomic E-state index is -0.788. The molecule has 0 atom stereocenters. The van der Waals surface area contributed by atoms with Gasteiger partial charge in [0.05, 0.1) is 13.7 Å². The van der Waals surface area contributed by atoms with Gasteiger partial charge in [0.25, 0.3) is 0 Å². The summed E-state index contributed by atoms with van der Waals surface area (Å²) >= 11 is 0. The molecule has 1 aliphatic rings. The van der Waals surface area contributed by atoms with E-state index in [1.807, 2.05) is 18.2 Å². The van der Waals surface area contributed by atoms with E-state index >= 15 is 0 Å². The fourth-order valence-electron chi connectivity index (χ4n) is 2.94. The molecule has 1 aromatic rings. The molecule has 2 rings (SSSR count). The number of rotatable bonds is 3. The smallest absolute Gasteiger partial charge is 0.396 e. The summed E-state index contributed by atoms with van der Waals surface area (Å²) in [5.41, 5.74) is 1.23. The maximum absolute atomic E-state index is 11.8. The second kappa shape index (κ2) is 7.69. The van der Waals surface area contributed by atoms with Crippen molar-refractivity contribution in [2.45, 2.75) is 39.0 Å². The van der Waals surface area contributed by atoms with Gasteiger partial charge in [0.15, 0.2) is 0 Å². The van der Waals surface area contributed by atoms with E-state index in [1.54, 1.807) is 4.90 Å². The Bertz CT molecular complexity index is 583. The summed E-state index contributed by atoms with van der Waals surface area (Å²) in [5.74, 6) is -0.0171. The molecule has 0 spiro atoms. The Morgan fingerprint density at radius 1 is 1.17 bits per heavy atom. The lowest BCUT2D eigenvalue weighted by Gasteiger charge is -2.31. The first-order valence-electron chi connectivity index (χ1n) is 8.42. The third-order valence-corrected chi connectivity index (χ3v) is 4.43. The van der Waals surface area contributed by atoms with Gasteiger partial charge in [0.2, 0.25) is 0 Å². The van der Waals surface area contributed by atoms with Crippen LogP contribution in [-0.4, -0.2) is 43.6 Å². The van der Waals surface area contributed by atoms with E-state index in [2.05, 4.69) is 31.6 Å². The van der Waals surface area contributed by atoms with E-state index in [-0.39, 0.29) is 5.41 Å². The van der Waals surface area contributed by atoms with Crippen molar-refractivity contribution in [1.29, 1.82) is 0 Å². The van der Waals surface area contributed by atoms with Gasteiger partial charge in [-0.3, -0.25) is 4.79 Å². The zero-order chi connectivity index (χ0) is 17.7. The number of esters is 1. The minimum absolute atomic E-state index is 0.0346. The summed E-state index contributed by atoms with van der Waals surface area (Å²) in [6.07, 6.45) is 1.67. The van der Waals surface area contributed by atoms with Crippen LogP contribution >= 0.6 is 0 Å². The van der Waals surface area contributed by atoms with Crippen molar-refractivity contribution >= 4 is 11.9 Å². The Hall–Kier alpha value is -2.04. The number of hydrogen-bond donors (Lipinski definition) is 0. The van der Waals surface area contributed by atoms with Crippen LogP contribution in [0.25, 0.3) is 0 Å². The minimum Gasteiger partial charge on any atom is -0.493 e. The highest BCUT2D eigenvalue weighted by Gasteiger charge is 2.28. The number of carbonyl (C=O) groups is 2. The standard InChI is InChI=1S/C19H27NO4/c1-19(2,3)15-7-5-6-8-16(15)24-13-14-9-11-20(12-10-14)17(21)18(22)23-4/h5-8,14H,9-13H2,1-4H3. The van der Waals surface area contributed by atoms with E-state index in [0.29, 0.717) is 25.6 Å². The molecule has 5 nitrogen and oxygen atoms in total. The second-order valence-corrected chi connectivity index (χ2v) is 7.28. The molecule has 1 amide bonds. The van der Waals surface area contributed by atoms with Crippen molar-refractivity contribution in [3.8, 4) is 5.75 Å². The number of benzene rings is 1. The van der Waals surface area contributed by atoms with Crippen LogP contribution in [0.2, 0.25) is 0 Å². The summed E-state index contributed by atoms with van der Waals surface area (Å²) in [7, 11) is 1.23. The lowest BCUT2D eigenvalue weighted by molar-refractivity contribution is -0.158. The maximum Gasteiger partial charge on any atom is 0.396 e. The molecule has 1 fully saturated rings. The number of methoxy groups -OCH3 is 1. The molecular formula is C19H27NO4. The highest BCUT2D eigenvalue weighted by Crippen LogP contribution is 2.31. The molecule has 0 unspecified atom stereocenters. The number of likely N-dealkylation sites (tertiary alicyclic amines) is 1. The summed E-state index contributed by atoms with van der Waals surface area (Å²) in [4.78, 5) is 24.6. The highest BCUT2D eigenvalue weighted by atomic mass is 16.5. The summed E-state index contributed by atoms with van der Waals surface area (Å²) in [6, 6.07) is 8.13. The van der Waals surface area contributed by atoms with Crippen LogP contribution < -0.4 is 4.74 Å². The van der Waals surface area contributed by atoms with Gasteiger partial charge in [0, 0.05) is 13.1 Å². The van der Waals surface area contributed by atoms with Crippen molar-refractivity contribution in [3.63, 3.8) is 0 Å². The SMILES string of the molecule is COC(=O)C(=O)N1CCC(COc2ccccc2C(C)(C)C)CC1. The van der Waals surface area contributed by atoms with Gasteiger partial charge in [-0.25, -0.2) is 4.79 Å². The molecule has 0 N–H and O–H groups in total. The Kier molecular flexibility index (Phi) is 5.86. The third-order valence-electron chi connectivity index (χ3n) is 4.43. The molecule has 1 aromatic carbocycles. The number of nitrogens with zero attached hydrogens (tertiary/aromatic N) is 1. The van der Waals surface area contributed by atoms with Gasteiger partial charge in [-0.05, 0) is 35.8 Å². The highest BCUT2D eigenvalue weighted by molar-refractivity contribution is 6.32. The largest absolute Gasteiger partial charge is 0.493 e. The van der Waals surface area contributed by atoms with Crippen molar-refractivity contribution in [3.05, 3.63) is 29.8 Å². The molecule has 0 radical (unpaired) electrons. The average molecular weight is 333 g/mol. The molecule has 0 saturated carbocycles. The Labute approximate surface area is 143 Å². The second-order valence-electron chi connectivity index (χ2n) is 7.28. The molecule has 1 aliphatic heterocycles. The molecular weight excluding hydrogens is 306 g/mol. The van der Waals surface area contributed by atoms with Gasteiger partial charge in [0.1, 0.15) is 5.75 Å². The van der Waals surface area contributed by atoms with E-state index in [1.165, 1.54) is 12.7 Å². The van der Waals surface area contributed by atoms with Gasteiger partial charge < -0.3 is 14.4 Å². The molecule has 1 saturated heterocycles. The predicted molar refractivity (Wildman–Crippen MR) is 92.0 cm³/mol. The van der Waals surface area contributed by atoms with E-state index in [9.17, 15) is 9.59 Å². The van der Waals surface area contributed by atoms with Crippen molar-refractivity contribution < 1.29 is 19.1 Å². The summed E-state index contributed by atoms with van der Waals surface area (Å²) < 4.78 is 10.6. The van der Waals surface area contributed by atoms with Crippen LogP contribution in [0.1, 0.15) is 39.2 Å². The molecule has 5 heteroatoms. The fraction of sp³-hybridized carbons (Fsp3) is 0.579. The van der Waals surface area contributed by atoms with Gasteiger partial charge in [-0.15, -0.1) is 0 Å². The first-order valence-corrected chi connectivity index (χ1v) is 8.42. The zero-order valence-corrected chi connectivity index (χ0v) is 15.0. The number of para-hydroxylation sites is 1. The van der Waals surface area contributed by atoms with Gasteiger partial charge >= 0.3 is 11.9 Å². The molecule has 0 aromatic heterocycles. The monoisotopic (exact) mass is 333 g/mol. The lowest BCUT2D eigenvalue weighted by atomic mass is 9.86. The molecule has 1 heterocycles. The first kappa shape index (κ1) is 18.3. The normalized spacial score (nSPS) is 15.9. The Morgan fingerprint density at radius 3 is 2.38 bits per heavy atom. The van der Waals surface area contributed by atoms with E-state index in [4.69, 9.17) is 4.74 Å². The Balaban J connectivity index is 1.88. The molecule has 0 aliphatic carbocycles. The van der Waals surface area contributed by atoms with Gasteiger partial charge in [-0.1, -0.05) is 39.0 Å². The quantitative estimate of drug-likeness (QED) is 0.630. The number of hydrogen-bond acceptors (Lipinski definition) is 4. The number of piperidine rings is 1. The molecule has 24 heavy (non-hydrogen) atoms. The third kappa shape index (κ3) is 4.49. The number of amides is 1. The predicted octanol–water partition coefficient (Wildman–Crippen LogP) is 2.77. The summed E-state index contributed by atoms with van der Waals surface area (Å²) in [6.45, 7) is 8.30. The fourth-order valence-corrected chi connectivity index (χ4v) is 2.94. The van der Waals surface area contributed by atoms with Crippen molar-refractivity contribution in [2.24, 2.45) is 5.92 Å². The van der Waals surface area contributed by atoms with Crippen LogP contribution in [0.15, 0.2) is 24.3 Å². The summed E-state index contributed by atoms with van der Waals surface area (Å²) in [5, 5.41) is 0. The van der Waals surface area contributed by atoms with Crippen molar-refractivity contribution in [1.82, 2.24) is 4.90 Å². The van der Waals surface area contributed by atoms with Crippen LogP contribution in [-0.2, 0) is 19.7 Å². The zero-order valence-electron chi connectivity index (χ0n) is 15.0. The van der Waals surface area contributed by atoms with Crippen LogP contribution in [0.4, 0.5) is 0 Å². The molecule has 0 bridgehead atoms. The topological polar surface area (TPSA) is 55.8 Å². The van der Waals surface area contributed by atoms with E-state index < -0.39 is 11.9 Å².